The van der Waals surface area contributed by atoms with Crippen LogP contribution in [-0.4, -0.2) is 43.8 Å². The zero-order valence-electron chi connectivity index (χ0n) is 15.7. The van der Waals surface area contributed by atoms with Crippen molar-refractivity contribution in [1.82, 2.24) is 10.6 Å². The van der Waals surface area contributed by atoms with Crippen molar-refractivity contribution < 1.29 is 28.6 Å². The zero-order valence-corrected chi connectivity index (χ0v) is 15.7. The summed E-state index contributed by atoms with van der Waals surface area (Å²) in [6.07, 6.45) is 0.0398. The molecule has 0 spiro atoms. The van der Waals surface area contributed by atoms with Gasteiger partial charge in [0.1, 0.15) is 12.4 Å². The number of carbonyl (C=O) groups is 3. The van der Waals surface area contributed by atoms with E-state index in [2.05, 4.69) is 10.6 Å². The smallest absolute Gasteiger partial charge is 0.338 e. The molecule has 27 heavy (non-hydrogen) atoms. The average Bonchev–Trinajstić information content (AvgIpc) is 2.61. The fourth-order valence-corrected chi connectivity index (χ4v) is 2.58. The number of hydrogen-bond donors (Lipinski definition) is 2. The molecule has 0 radical (unpaired) electrons. The van der Waals surface area contributed by atoms with E-state index < -0.39 is 24.0 Å². The summed E-state index contributed by atoms with van der Waals surface area (Å²) in [4.78, 5) is 35.7. The number of aryl methyl sites for hydroxylation is 1. The molecule has 0 bridgehead atoms. The summed E-state index contributed by atoms with van der Waals surface area (Å²) in [6.45, 7) is 5.40. The van der Waals surface area contributed by atoms with Crippen molar-refractivity contribution in [2.75, 3.05) is 19.8 Å². The van der Waals surface area contributed by atoms with Crippen LogP contribution < -0.4 is 15.4 Å². The lowest BCUT2D eigenvalue weighted by molar-refractivity contribution is -0.144. The van der Waals surface area contributed by atoms with Crippen LogP contribution in [0.25, 0.3) is 0 Å². The van der Waals surface area contributed by atoms with E-state index in [0.29, 0.717) is 5.75 Å². The van der Waals surface area contributed by atoms with Crippen molar-refractivity contribution in [3.05, 3.63) is 41.1 Å². The van der Waals surface area contributed by atoms with Gasteiger partial charge in [-0.3, -0.25) is 4.79 Å². The normalized spacial score (nSPS) is 16.3. The Bertz CT molecular complexity index is 743. The summed E-state index contributed by atoms with van der Waals surface area (Å²) in [5.74, 6) is -0.358. The fourth-order valence-electron chi connectivity index (χ4n) is 2.58. The molecule has 1 atom stereocenters. The van der Waals surface area contributed by atoms with Gasteiger partial charge in [-0.25, -0.2) is 9.59 Å². The Hall–Kier alpha value is -3.03. The lowest BCUT2D eigenvalue weighted by atomic mass is 10.0. The zero-order chi connectivity index (χ0) is 19.8. The average molecular weight is 376 g/mol. The van der Waals surface area contributed by atoms with Gasteiger partial charge in [0, 0.05) is 0 Å². The highest BCUT2D eigenvalue weighted by Crippen LogP contribution is 2.17. The number of nitrogens with one attached hydrogen (secondary N) is 2. The van der Waals surface area contributed by atoms with Crippen LogP contribution in [0, 0.1) is 6.92 Å². The molecule has 146 valence electrons. The van der Waals surface area contributed by atoms with Gasteiger partial charge in [0.2, 0.25) is 0 Å². The first-order chi connectivity index (χ1) is 12.9. The van der Waals surface area contributed by atoms with Gasteiger partial charge in [-0.2, -0.15) is 0 Å². The van der Waals surface area contributed by atoms with Crippen LogP contribution in [0.15, 0.2) is 35.5 Å². The molecular formula is C19H24N2O6. The first kappa shape index (κ1) is 20.3. The van der Waals surface area contributed by atoms with Crippen LogP contribution in [0.5, 0.6) is 5.75 Å². The summed E-state index contributed by atoms with van der Waals surface area (Å²) < 4.78 is 15.7. The van der Waals surface area contributed by atoms with Gasteiger partial charge >= 0.3 is 18.0 Å². The van der Waals surface area contributed by atoms with Crippen LogP contribution in [0.4, 0.5) is 4.79 Å². The Morgan fingerprint density at radius 1 is 1.19 bits per heavy atom. The summed E-state index contributed by atoms with van der Waals surface area (Å²) in [5, 5.41) is 5.08. The van der Waals surface area contributed by atoms with Crippen LogP contribution in [0.2, 0.25) is 0 Å². The molecule has 1 aromatic rings. The van der Waals surface area contributed by atoms with Crippen LogP contribution in [0.1, 0.15) is 25.8 Å². The maximum Gasteiger partial charge on any atom is 0.338 e. The first-order valence-electron chi connectivity index (χ1n) is 8.74. The molecule has 0 aromatic heterocycles. The van der Waals surface area contributed by atoms with E-state index in [-0.39, 0.29) is 37.5 Å². The molecular weight excluding hydrogens is 352 g/mol. The lowest BCUT2D eigenvalue weighted by Crippen LogP contribution is -2.50. The van der Waals surface area contributed by atoms with Crippen molar-refractivity contribution >= 4 is 18.0 Å². The van der Waals surface area contributed by atoms with Gasteiger partial charge in [0.15, 0.2) is 0 Å². The number of rotatable bonds is 8. The number of hydrogen-bond acceptors (Lipinski definition) is 6. The van der Waals surface area contributed by atoms with Crippen LogP contribution in [0.3, 0.4) is 0 Å². The second-order valence-corrected chi connectivity index (χ2v) is 5.96. The summed E-state index contributed by atoms with van der Waals surface area (Å²) in [6, 6.07) is 6.48. The van der Waals surface area contributed by atoms with E-state index >= 15 is 0 Å². The molecule has 0 aliphatic carbocycles. The first-order valence-corrected chi connectivity index (χ1v) is 8.74. The molecule has 1 heterocycles. The molecule has 2 N–H and O–H groups in total. The standard InChI is InChI=1S/C19H24N2O6/c1-4-25-18(23)17-13(3)20-19(24)21-14(17)11-27-16(22)9-10-26-15-8-6-5-7-12(15)2/h5-8,13H,4,9-11H2,1-3H3,(H2,20,21,24)/t13-/m1/s1. The topological polar surface area (TPSA) is 103 Å². The van der Waals surface area contributed by atoms with Gasteiger partial charge < -0.3 is 24.8 Å². The molecule has 0 saturated carbocycles. The number of ether oxygens (including phenoxy) is 3. The van der Waals surface area contributed by atoms with Gasteiger partial charge in [-0.1, -0.05) is 18.2 Å². The van der Waals surface area contributed by atoms with Gasteiger partial charge in [-0.15, -0.1) is 0 Å². The second-order valence-electron chi connectivity index (χ2n) is 5.96. The summed E-state index contributed by atoms with van der Waals surface area (Å²) >= 11 is 0. The predicted molar refractivity (Wildman–Crippen MR) is 97.0 cm³/mol. The van der Waals surface area contributed by atoms with Gasteiger partial charge in [-0.05, 0) is 32.4 Å². The third-order valence-corrected chi connectivity index (χ3v) is 3.90. The minimum Gasteiger partial charge on any atom is -0.493 e. The molecule has 2 rings (SSSR count). The van der Waals surface area contributed by atoms with E-state index in [0.717, 1.165) is 5.56 Å². The maximum absolute atomic E-state index is 12.1. The molecule has 1 aliphatic heterocycles. The molecule has 1 aromatic carbocycles. The Morgan fingerprint density at radius 3 is 2.63 bits per heavy atom. The molecule has 0 unspecified atom stereocenters. The third kappa shape index (κ3) is 5.73. The highest BCUT2D eigenvalue weighted by Gasteiger charge is 2.30. The number of carbonyl (C=O) groups excluding carboxylic acids is 3. The molecule has 8 heteroatoms. The molecule has 2 amide bonds. The largest absolute Gasteiger partial charge is 0.493 e. The van der Waals surface area contributed by atoms with Crippen molar-refractivity contribution in [1.29, 1.82) is 0 Å². The van der Waals surface area contributed by atoms with Crippen LogP contribution in [-0.2, 0) is 19.1 Å². The quantitative estimate of drug-likeness (QED) is 0.671. The van der Waals surface area contributed by atoms with Crippen molar-refractivity contribution in [2.24, 2.45) is 0 Å². The number of para-hydroxylation sites is 1. The van der Waals surface area contributed by atoms with Crippen molar-refractivity contribution in [2.45, 2.75) is 33.2 Å². The van der Waals surface area contributed by atoms with Crippen LogP contribution >= 0.6 is 0 Å². The van der Waals surface area contributed by atoms with Gasteiger partial charge in [0.05, 0.1) is 36.9 Å². The number of esters is 2. The van der Waals surface area contributed by atoms with E-state index in [1.165, 1.54) is 0 Å². The van der Waals surface area contributed by atoms with Crippen molar-refractivity contribution in [3.8, 4) is 5.75 Å². The maximum atomic E-state index is 12.1. The second kappa shape index (κ2) is 9.61. The lowest BCUT2D eigenvalue weighted by Gasteiger charge is -2.26. The van der Waals surface area contributed by atoms with Crippen molar-refractivity contribution in [3.63, 3.8) is 0 Å². The summed E-state index contributed by atoms with van der Waals surface area (Å²) in [5.41, 5.74) is 1.43. The molecule has 1 aliphatic rings. The minimum absolute atomic E-state index is 0.0398. The monoisotopic (exact) mass is 376 g/mol. The van der Waals surface area contributed by atoms with E-state index in [1.807, 2.05) is 31.2 Å². The number of amides is 2. The number of urea groups is 1. The predicted octanol–water partition coefficient (Wildman–Crippen LogP) is 1.83. The highest BCUT2D eigenvalue weighted by molar-refractivity contribution is 5.94. The third-order valence-electron chi connectivity index (χ3n) is 3.90. The summed E-state index contributed by atoms with van der Waals surface area (Å²) in [7, 11) is 0. The molecule has 0 saturated heterocycles. The Morgan fingerprint density at radius 2 is 1.93 bits per heavy atom. The Balaban J connectivity index is 1.91. The fraction of sp³-hybridized carbons (Fsp3) is 0.421. The minimum atomic E-state index is -0.563. The SMILES string of the molecule is CCOC(=O)C1=C(COC(=O)CCOc2ccccc2C)NC(=O)N[C@@H]1C. The van der Waals surface area contributed by atoms with Gasteiger partial charge in [0.25, 0.3) is 0 Å². The molecule has 8 nitrogen and oxygen atoms in total. The molecule has 0 fully saturated rings. The van der Waals surface area contributed by atoms with E-state index in [1.54, 1.807) is 13.8 Å². The Labute approximate surface area is 157 Å². The number of benzene rings is 1. The van der Waals surface area contributed by atoms with E-state index in [4.69, 9.17) is 14.2 Å². The highest BCUT2D eigenvalue weighted by atomic mass is 16.5. The van der Waals surface area contributed by atoms with E-state index in [9.17, 15) is 14.4 Å². The Kier molecular flexibility index (Phi) is 7.22.